The van der Waals surface area contributed by atoms with Gasteiger partial charge in [-0.1, -0.05) is 51.5 Å². The first-order valence-electron chi connectivity index (χ1n) is 9.56. The fourth-order valence-electron chi connectivity index (χ4n) is 3.92. The summed E-state index contributed by atoms with van der Waals surface area (Å²) in [5, 5.41) is 0. The van der Waals surface area contributed by atoms with E-state index in [2.05, 4.69) is 54.8 Å². The Labute approximate surface area is 147 Å². The topological polar surface area (TPSA) is 23.6 Å². The Morgan fingerprint density at radius 3 is 2.12 bits per heavy atom. The van der Waals surface area contributed by atoms with E-state index in [4.69, 9.17) is 0 Å². The van der Waals surface area contributed by atoms with Gasteiger partial charge in [-0.05, 0) is 36.3 Å². The van der Waals surface area contributed by atoms with Gasteiger partial charge in [-0.3, -0.25) is 9.69 Å². The van der Waals surface area contributed by atoms with Crippen LogP contribution in [0.2, 0.25) is 0 Å². The number of hydrogen-bond acceptors (Lipinski definition) is 2. The predicted molar refractivity (Wildman–Crippen MR) is 98.8 cm³/mol. The molecule has 24 heavy (non-hydrogen) atoms. The Morgan fingerprint density at radius 2 is 1.62 bits per heavy atom. The number of benzene rings is 1. The third-order valence-electron chi connectivity index (χ3n) is 5.71. The maximum Gasteiger partial charge on any atom is 0.228 e. The molecule has 2 aliphatic rings. The van der Waals surface area contributed by atoms with Gasteiger partial charge in [0, 0.05) is 38.1 Å². The zero-order valence-corrected chi connectivity index (χ0v) is 15.6. The summed E-state index contributed by atoms with van der Waals surface area (Å²) in [6.07, 6.45) is 4.53. The highest BCUT2D eigenvalue weighted by molar-refractivity contribution is 5.83. The molecule has 0 radical (unpaired) electrons. The summed E-state index contributed by atoms with van der Waals surface area (Å²) < 4.78 is 0. The standard InChI is InChI=1S/C21H32N2O/c1-17(2)15-18-5-7-19(8-6-18)16-22-11-13-23(14-12-22)20(24)21(3)9-4-10-21/h5-8,17H,4,9-16H2,1-3H3. The summed E-state index contributed by atoms with van der Waals surface area (Å²) in [6, 6.07) is 9.08. The smallest absolute Gasteiger partial charge is 0.228 e. The van der Waals surface area contributed by atoms with Gasteiger partial charge in [-0.2, -0.15) is 0 Å². The SMILES string of the molecule is CC(C)Cc1ccc(CN2CCN(C(=O)C3(C)CCC3)CC2)cc1. The zero-order chi connectivity index (χ0) is 17.2. The molecule has 1 aromatic carbocycles. The lowest BCUT2D eigenvalue weighted by molar-refractivity contribution is -0.147. The highest BCUT2D eigenvalue weighted by atomic mass is 16.2. The number of hydrogen-bond donors (Lipinski definition) is 0. The minimum atomic E-state index is -0.0472. The van der Waals surface area contributed by atoms with Crippen molar-refractivity contribution >= 4 is 5.91 Å². The van der Waals surface area contributed by atoms with Crippen LogP contribution in [0, 0.1) is 11.3 Å². The van der Waals surface area contributed by atoms with E-state index in [1.807, 2.05) is 0 Å². The zero-order valence-electron chi connectivity index (χ0n) is 15.6. The average molecular weight is 329 g/mol. The highest BCUT2D eigenvalue weighted by Crippen LogP contribution is 2.42. The van der Waals surface area contributed by atoms with Gasteiger partial charge in [0.25, 0.3) is 0 Å². The summed E-state index contributed by atoms with van der Waals surface area (Å²) in [7, 11) is 0. The molecule has 0 aromatic heterocycles. The molecule has 132 valence electrons. The number of amides is 1. The van der Waals surface area contributed by atoms with Gasteiger partial charge in [0.2, 0.25) is 5.91 Å². The second-order valence-electron chi connectivity index (χ2n) is 8.40. The van der Waals surface area contributed by atoms with Crippen molar-refractivity contribution in [1.29, 1.82) is 0 Å². The molecule has 3 rings (SSSR count). The van der Waals surface area contributed by atoms with Crippen LogP contribution in [0.5, 0.6) is 0 Å². The molecule has 1 aromatic rings. The van der Waals surface area contributed by atoms with Crippen molar-refractivity contribution in [2.75, 3.05) is 26.2 Å². The highest BCUT2D eigenvalue weighted by Gasteiger charge is 2.42. The van der Waals surface area contributed by atoms with Gasteiger partial charge in [0.1, 0.15) is 0 Å². The molecule has 0 N–H and O–H groups in total. The van der Waals surface area contributed by atoms with Gasteiger partial charge in [0.15, 0.2) is 0 Å². The Hall–Kier alpha value is -1.35. The Kier molecular flexibility index (Phi) is 5.29. The minimum absolute atomic E-state index is 0.0472. The van der Waals surface area contributed by atoms with Crippen molar-refractivity contribution in [3.63, 3.8) is 0 Å². The van der Waals surface area contributed by atoms with Gasteiger partial charge >= 0.3 is 0 Å². The van der Waals surface area contributed by atoms with Gasteiger partial charge in [0.05, 0.1) is 0 Å². The van der Waals surface area contributed by atoms with Crippen molar-refractivity contribution in [2.24, 2.45) is 11.3 Å². The minimum Gasteiger partial charge on any atom is -0.340 e. The molecular weight excluding hydrogens is 296 g/mol. The quantitative estimate of drug-likeness (QED) is 0.822. The number of piperazine rings is 1. The lowest BCUT2D eigenvalue weighted by Crippen LogP contribution is -2.53. The Morgan fingerprint density at radius 1 is 1.04 bits per heavy atom. The summed E-state index contributed by atoms with van der Waals surface area (Å²) in [5.41, 5.74) is 2.76. The Balaban J connectivity index is 1.47. The Bertz CT molecular complexity index is 552. The molecular formula is C21H32N2O. The van der Waals surface area contributed by atoms with E-state index in [1.54, 1.807) is 0 Å². The van der Waals surface area contributed by atoms with E-state index in [0.717, 1.165) is 52.0 Å². The van der Waals surface area contributed by atoms with Gasteiger partial charge in [-0.25, -0.2) is 0 Å². The maximum atomic E-state index is 12.6. The van der Waals surface area contributed by atoms with Crippen LogP contribution in [0.15, 0.2) is 24.3 Å². The van der Waals surface area contributed by atoms with Crippen LogP contribution in [0.25, 0.3) is 0 Å². The van der Waals surface area contributed by atoms with Gasteiger partial charge in [-0.15, -0.1) is 0 Å². The van der Waals surface area contributed by atoms with E-state index < -0.39 is 0 Å². The maximum absolute atomic E-state index is 12.6. The van der Waals surface area contributed by atoms with E-state index >= 15 is 0 Å². The van der Waals surface area contributed by atoms with Gasteiger partial charge < -0.3 is 4.90 Å². The number of rotatable bonds is 5. The predicted octanol–water partition coefficient (Wildman–Crippen LogP) is 3.72. The number of carbonyl (C=O) groups excluding carboxylic acids is 1. The molecule has 2 fully saturated rings. The number of nitrogens with zero attached hydrogens (tertiary/aromatic N) is 2. The molecule has 1 aliphatic heterocycles. The van der Waals surface area contributed by atoms with Crippen LogP contribution in [0.3, 0.4) is 0 Å². The monoisotopic (exact) mass is 328 g/mol. The van der Waals surface area contributed by atoms with Crippen LogP contribution in [0.4, 0.5) is 0 Å². The van der Waals surface area contributed by atoms with E-state index in [-0.39, 0.29) is 5.41 Å². The molecule has 1 saturated carbocycles. The second kappa shape index (κ2) is 7.26. The normalized spacial score (nSPS) is 20.9. The molecule has 0 spiro atoms. The third-order valence-corrected chi connectivity index (χ3v) is 5.71. The van der Waals surface area contributed by atoms with Crippen molar-refractivity contribution < 1.29 is 4.79 Å². The van der Waals surface area contributed by atoms with E-state index in [0.29, 0.717) is 11.8 Å². The van der Waals surface area contributed by atoms with Crippen LogP contribution in [-0.2, 0) is 17.8 Å². The largest absolute Gasteiger partial charge is 0.340 e. The van der Waals surface area contributed by atoms with Crippen molar-refractivity contribution in [1.82, 2.24) is 9.80 Å². The van der Waals surface area contributed by atoms with Crippen LogP contribution in [-0.4, -0.2) is 41.9 Å². The third kappa shape index (κ3) is 4.00. The molecule has 1 amide bonds. The van der Waals surface area contributed by atoms with Crippen molar-refractivity contribution in [2.45, 2.75) is 53.0 Å². The molecule has 3 heteroatoms. The number of carbonyl (C=O) groups is 1. The van der Waals surface area contributed by atoms with Crippen LogP contribution in [0.1, 0.15) is 51.2 Å². The van der Waals surface area contributed by atoms with Crippen molar-refractivity contribution in [3.05, 3.63) is 35.4 Å². The fourth-order valence-corrected chi connectivity index (χ4v) is 3.92. The second-order valence-corrected chi connectivity index (χ2v) is 8.40. The lowest BCUT2D eigenvalue weighted by Gasteiger charge is -2.43. The first-order chi connectivity index (χ1) is 11.5. The van der Waals surface area contributed by atoms with Crippen LogP contribution < -0.4 is 0 Å². The molecule has 1 aliphatic carbocycles. The van der Waals surface area contributed by atoms with Crippen molar-refractivity contribution in [3.8, 4) is 0 Å². The first kappa shape index (κ1) is 17.5. The molecule has 1 heterocycles. The van der Waals surface area contributed by atoms with E-state index in [1.165, 1.54) is 17.5 Å². The van der Waals surface area contributed by atoms with Crippen LogP contribution >= 0.6 is 0 Å². The summed E-state index contributed by atoms with van der Waals surface area (Å²) in [5.74, 6) is 1.10. The first-order valence-corrected chi connectivity index (χ1v) is 9.56. The molecule has 1 saturated heterocycles. The molecule has 0 atom stereocenters. The average Bonchev–Trinajstić information content (AvgIpc) is 2.54. The molecule has 0 bridgehead atoms. The fraction of sp³-hybridized carbons (Fsp3) is 0.667. The lowest BCUT2D eigenvalue weighted by atomic mass is 9.69. The summed E-state index contributed by atoms with van der Waals surface area (Å²) in [6.45, 7) is 11.4. The summed E-state index contributed by atoms with van der Waals surface area (Å²) in [4.78, 5) is 17.2. The summed E-state index contributed by atoms with van der Waals surface area (Å²) >= 11 is 0. The molecule has 0 unspecified atom stereocenters. The van der Waals surface area contributed by atoms with E-state index in [9.17, 15) is 4.79 Å². The molecule has 3 nitrogen and oxygen atoms in total.